The number of nitrogens with one attached hydrogen (secondary N) is 1. The predicted molar refractivity (Wildman–Crippen MR) is 102 cm³/mol. The average molecular weight is 370 g/mol. The van der Waals surface area contributed by atoms with E-state index in [-0.39, 0.29) is 0 Å². The minimum Gasteiger partial charge on any atom is -0.486 e. The molecule has 6 heteroatoms. The summed E-state index contributed by atoms with van der Waals surface area (Å²) in [5, 5.41) is 4.16. The van der Waals surface area contributed by atoms with Crippen LogP contribution in [-0.4, -0.2) is 35.9 Å². The van der Waals surface area contributed by atoms with Gasteiger partial charge < -0.3 is 19.4 Å². The third-order valence-corrected chi connectivity index (χ3v) is 5.35. The Labute approximate surface area is 156 Å². The molecule has 1 N–H and O–H groups in total. The largest absolute Gasteiger partial charge is 0.486 e. The Balaban J connectivity index is 1.74. The summed E-state index contributed by atoms with van der Waals surface area (Å²) < 4.78 is 13.9. The predicted octanol–water partition coefficient (Wildman–Crippen LogP) is 4.05. The fourth-order valence-corrected chi connectivity index (χ4v) is 4.09. The smallest absolute Gasteiger partial charge is 0.163 e. The Morgan fingerprint density at radius 3 is 2.58 bits per heavy atom. The molecular formula is C20H20ClN3O2. The number of hydrogen-bond donors (Lipinski definition) is 1. The molecule has 1 saturated heterocycles. The second-order valence-electron chi connectivity index (χ2n) is 6.78. The summed E-state index contributed by atoms with van der Waals surface area (Å²) in [4.78, 5) is 4.96. The quantitative estimate of drug-likeness (QED) is 0.740. The van der Waals surface area contributed by atoms with Crippen molar-refractivity contribution in [3.63, 3.8) is 0 Å². The van der Waals surface area contributed by atoms with Crippen LogP contribution in [0.25, 0.3) is 22.4 Å². The molecule has 1 aromatic heterocycles. The lowest BCUT2D eigenvalue weighted by molar-refractivity contribution is 0.172. The Morgan fingerprint density at radius 1 is 1.04 bits per heavy atom. The van der Waals surface area contributed by atoms with Gasteiger partial charge in [0.25, 0.3) is 0 Å². The second-order valence-corrected chi connectivity index (χ2v) is 7.22. The van der Waals surface area contributed by atoms with Crippen LogP contribution in [0.15, 0.2) is 36.4 Å². The van der Waals surface area contributed by atoms with Crippen LogP contribution >= 0.6 is 11.6 Å². The SMILES string of the molecule is Clc1cccc(-c2nc3cc4c(cc3n2C2CCNCC2)OCCO4)c1. The molecule has 0 atom stereocenters. The molecule has 5 rings (SSSR count). The summed E-state index contributed by atoms with van der Waals surface area (Å²) >= 11 is 6.25. The number of hydrogen-bond acceptors (Lipinski definition) is 4. The van der Waals surface area contributed by atoms with Crippen molar-refractivity contribution in [3.05, 3.63) is 41.4 Å². The molecular weight excluding hydrogens is 350 g/mol. The van der Waals surface area contributed by atoms with Crippen LogP contribution in [0.4, 0.5) is 0 Å². The topological polar surface area (TPSA) is 48.3 Å². The van der Waals surface area contributed by atoms with Gasteiger partial charge in [-0.25, -0.2) is 4.98 Å². The molecule has 0 spiro atoms. The van der Waals surface area contributed by atoms with Crippen molar-refractivity contribution in [2.24, 2.45) is 0 Å². The first-order chi connectivity index (χ1) is 12.8. The maximum absolute atomic E-state index is 6.25. The van der Waals surface area contributed by atoms with Crippen molar-refractivity contribution in [1.29, 1.82) is 0 Å². The summed E-state index contributed by atoms with van der Waals surface area (Å²) in [6.07, 6.45) is 2.15. The molecule has 0 saturated carbocycles. The van der Waals surface area contributed by atoms with Gasteiger partial charge in [-0.2, -0.15) is 0 Å². The molecule has 1 fully saturated rings. The number of imidazole rings is 1. The van der Waals surface area contributed by atoms with Crippen molar-refractivity contribution in [2.45, 2.75) is 18.9 Å². The van der Waals surface area contributed by atoms with E-state index in [0.717, 1.165) is 64.9 Å². The maximum Gasteiger partial charge on any atom is 0.163 e. The van der Waals surface area contributed by atoms with Gasteiger partial charge in [0.05, 0.1) is 11.0 Å². The highest BCUT2D eigenvalue weighted by atomic mass is 35.5. The van der Waals surface area contributed by atoms with Gasteiger partial charge >= 0.3 is 0 Å². The van der Waals surface area contributed by atoms with Gasteiger partial charge in [0.15, 0.2) is 11.5 Å². The van der Waals surface area contributed by atoms with Gasteiger partial charge in [0.2, 0.25) is 0 Å². The van der Waals surface area contributed by atoms with Crippen LogP contribution in [0, 0.1) is 0 Å². The Morgan fingerprint density at radius 2 is 1.81 bits per heavy atom. The molecule has 0 amide bonds. The Kier molecular flexibility index (Phi) is 3.98. The van der Waals surface area contributed by atoms with Crippen LogP contribution in [0.1, 0.15) is 18.9 Å². The molecule has 26 heavy (non-hydrogen) atoms. The molecule has 5 nitrogen and oxygen atoms in total. The molecule has 3 aromatic rings. The molecule has 2 aliphatic heterocycles. The van der Waals surface area contributed by atoms with Crippen LogP contribution in [-0.2, 0) is 0 Å². The monoisotopic (exact) mass is 369 g/mol. The van der Waals surface area contributed by atoms with Crippen LogP contribution in [0.3, 0.4) is 0 Å². The lowest BCUT2D eigenvalue weighted by Crippen LogP contribution is -2.29. The summed E-state index contributed by atoms with van der Waals surface area (Å²) in [5.74, 6) is 2.53. The highest BCUT2D eigenvalue weighted by molar-refractivity contribution is 6.30. The van der Waals surface area contributed by atoms with Gasteiger partial charge in [-0.1, -0.05) is 23.7 Å². The first-order valence-corrected chi connectivity index (χ1v) is 9.45. The number of benzene rings is 2. The number of fused-ring (bicyclic) bond motifs is 2. The van der Waals surface area contributed by atoms with Crippen molar-refractivity contribution in [3.8, 4) is 22.9 Å². The zero-order chi connectivity index (χ0) is 17.5. The standard InChI is InChI=1S/C20H20ClN3O2/c21-14-3-1-2-13(10-14)20-23-16-11-18-19(26-9-8-25-18)12-17(16)24(20)15-4-6-22-7-5-15/h1-3,10-12,15,22H,4-9H2. The lowest BCUT2D eigenvalue weighted by atomic mass is 10.1. The maximum atomic E-state index is 6.25. The minimum absolute atomic E-state index is 0.401. The van der Waals surface area contributed by atoms with Crippen LogP contribution < -0.4 is 14.8 Å². The highest BCUT2D eigenvalue weighted by Crippen LogP contribution is 2.39. The van der Waals surface area contributed by atoms with Crippen LogP contribution in [0.5, 0.6) is 11.5 Å². The van der Waals surface area contributed by atoms with Gasteiger partial charge in [0.1, 0.15) is 19.0 Å². The second kappa shape index (κ2) is 6.49. The molecule has 134 valence electrons. The van der Waals surface area contributed by atoms with E-state index in [4.69, 9.17) is 26.1 Å². The van der Waals surface area contributed by atoms with Gasteiger partial charge in [-0.3, -0.25) is 0 Å². The summed E-state index contributed by atoms with van der Waals surface area (Å²) in [7, 11) is 0. The van der Waals surface area contributed by atoms with E-state index in [1.54, 1.807) is 0 Å². The Bertz CT molecular complexity index is 963. The first kappa shape index (κ1) is 16.0. The average Bonchev–Trinajstić information content (AvgIpc) is 3.05. The minimum atomic E-state index is 0.401. The zero-order valence-electron chi connectivity index (χ0n) is 14.4. The first-order valence-electron chi connectivity index (χ1n) is 9.08. The third-order valence-electron chi connectivity index (χ3n) is 5.11. The number of piperidine rings is 1. The van der Waals surface area contributed by atoms with Gasteiger partial charge in [-0.15, -0.1) is 0 Å². The number of nitrogens with zero attached hydrogens (tertiary/aromatic N) is 2. The molecule has 3 heterocycles. The normalized spacial score (nSPS) is 17.6. The van der Waals surface area contributed by atoms with Crippen molar-refractivity contribution in [2.75, 3.05) is 26.3 Å². The van der Waals surface area contributed by atoms with E-state index in [0.29, 0.717) is 19.3 Å². The van der Waals surface area contributed by atoms with Crippen LogP contribution in [0.2, 0.25) is 5.02 Å². The fourth-order valence-electron chi connectivity index (χ4n) is 3.90. The van der Waals surface area contributed by atoms with Crippen molar-refractivity contribution < 1.29 is 9.47 Å². The van der Waals surface area contributed by atoms with E-state index in [1.165, 1.54) is 0 Å². The highest BCUT2D eigenvalue weighted by Gasteiger charge is 2.24. The molecule has 2 aromatic carbocycles. The van der Waals surface area contributed by atoms with E-state index in [1.807, 2.05) is 24.3 Å². The number of ether oxygens (including phenoxy) is 2. The number of halogens is 1. The van der Waals surface area contributed by atoms with E-state index in [9.17, 15) is 0 Å². The summed E-state index contributed by atoms with van der Waals surface area (Å²) in [5.41, 5.74) is 3.06. The third kappa shape index (κ3) is 2.72. The molecule has 0 aliphatic carbocycles. The molecule has 0 unspecified atom stereocenters. The van der Waals surface area contributed by atoms with E-state index in [2.05, 4.69) is 22.0 Å². The number of aromatic nitrogens is 2. The zero-order valence-corrected chi connectivity index (χ0v) is 15.1. The molecule has 0 radical (unpaired) electrons. The van der Waals surface area contributed by atoms with E-state index < -0.39 is 0 Å². The van der Waals surface area contributed by atoms with E-state index >= 15 is 0 Å². The van der Waals surface area contributed by atoms with Crippen molar-refractivity contribution in [1.82, 2.24) is 14.9 Å². The summed E-state index contributed by atoms with van der Waals surface area (Å²) in [6, 6.07) is 12.4. The fraction of sp³-hybridized carbons (Fsp3) is 0.350. The number of rotatable bonds is 2. The Hall–Kier alpha value is -2.24. The lowest BCUT2D eigenvalue weighted by Gasteiger charge is -2.27. The summed E-state index contributed by atoms with van der Waals surface area (Å²) in [6.45, 7) is 3.20. The van der Waals surface area contributed by atoms with Gasteiger partial charge in [-0.05, 0) is 38.1 Å². The molecule has 2 aliphatic rings. The molecule has 0 bridgehead atoms. The van der Waals surface area contributed by atoms with Gasteiger partial charge in [0, 0.05) is 28.8 Å². The van der Waals surface area contributed by atoms with Crippen molar-refractivity contribution >= 4 is 22.6 Å².